The number of hydrogen-bond donors (Lipinski definition) is 1. The molecule has 4 nitrogen and oxygen atoms in total. The van der Waals surface area contributed by atoms with Crippen LogP contribution in [0.4, 0.5) is 11.5 Å². The van der Waals surface area contributed by atoms with Gasteiger partial charge in [0.1, 0.15) is 0 Å². The van der Waals surface area contributed by atoms with Crippen LogP contribution in [-0.4, -0.2) is 31.3 Å². The predicted molar refractivity (Wildman–Crippen MR) is 60.9 cm³/mol. The summed E-state index contributed by atoms with van der Waals surface area (Å²) in [6.45, 7) is 1.77. The van der Waals surface area contributed by atoms with Crippen molar-refractivity contribution >= 4 is 11.5 Å². The lowest BCUT2D eigenvalue weighted by molar-refractivity contribution is 0.180. The maximum Gasteiger partial charge on any atom is 0.152 e. The van der Waals surface area contributed by atoms with Crippen LogP contribution in [0.1, 0.15) is 12.8 Å². The number of pyridine rings is 1. The maximum atomic E-state index is 5.91. The van der Waals surface area contributed by atoms with E-state index in [4.69, 9.17) is 10.5 Å². The minimum absolute atomic E-state index is 0.423. The molecule has 1 fully saturated rings. The molecule has 0 saturated carbocycles. The summed E-state index contributed by atoms with van der Waals surface area (Å²) < 4.78 is 5.21. The van der Waals surface area contributed by atoms with Crippen molar-refractivity contribution in [3.8, 4) is 0 Å². The molecule has 2 heterocycles. The predicted octanol–water partition coefficient (Wildman–Crippen LogP) is 1.28. The Morgan fingerprint density at radius 3 is 3.27 bits per heavy atom. The van der Waals surface area contributed by atoms with Gasteiger partial charge in [-0.2, -0.15) is 0 Å². The molecule has 0 bridgehead atoms. The van der Waals surface area contributed by atoms with E-state index in [9.17, 15) is 0 Å². The van der Waals surface area contributed by atoms with Crippen LogP contribution in [0.25, 0.3) is 0 Å². The van der Waals surface area contributed by atoms with E-state index in [0.29, 0.717) is 6.04 Å². The fourth-order valence-electron chi connectivity index (χ4n) is 2.13. The van der Waals surface area contributed by atoms with Gasteiger partial charge in [0.25, 0.3) is 0 Å². The number of nitrogens with two attached hydrogens (primary N) is 1. The summed E-state index contributed by atoms with van der Waals surface area (Å²) in [7, 11) is 1.73. The van der Waals surface area contributed by atoms with E-state index in [2.05, 4.69) is 9.88 Å². The molecule has 0 unspecified atom stereocenters. The Labute approximate surface area is 90.0 Å². The minimum atomic E-state index is 0.423. The summed E-state index contributed by atoms with van der Waals surface area (Å²) in [5, 5.41) is 0. The van der Waals surface area contributed by atoms with Gasteiger partial charge in [-0.3, -0.25) is 0 Å². The molecule has 1 aliphatic heterocycles. The standard InChI is InChI=1S/C11H17N3O/c1-15-8-9-4-3-7-14(9)11-10(12)5-2-6-13-11/h2,5-6,9H,3-4,7-8,12H2,1H3/t9-/m0/s1. The second-order valence-corrected chi connectivity index (χ2v) is 3.86. The molecule has 2 N–H and O–H groups in total. The Hall–Kier alpha value is -1.29. The van der Waals surface area contributed by atoms with Crippen LogP contribution in [0.15, 0.2) is 18.3 Å². The topological polar surface area (TPSA) is 51.4 Å². The molecule has 1 saturated heterocycles. The Kier molecular flexibility index (Phi) is 3.06. The van der Waals surface area contributed by atoms with Gasteiger partial charge in [-0.25, -0.2) is 4.98 Å². The molecule has 0 amide bonds. The summed E-state index contributed by atoms with van der Waals surface area (Å²) in [5.41, 5.74) is 6.66. The monoisotopic (exact) mass is 207 g/mol. The first kappa shape index (κ1) is 10.2. The molecule has 15 heavy (non-hydrogen) atoms. The number of nitrogens with zero attached hydrogens (tertiary/aromatic N) is 2. The van der Waals surface area contributed by atoms with E-state index >= 15 is 0 Å². The largest absolute Gasteiger partial charge is 0.396 e. The van der Waals surface area contributed by atoms with E-state index in [1.807, 2.05) is 12.1 Å². The minimum Gasteiger partial charge on any atom is -0.396 e. The third-order valence-electron chi connectivity index (χ3n) is 2.83. The zero-order chi connectivity index (χ0) is 10.7. The molecule has 4 heteroatoms. The van der Waals surface area contributed by atoms with Crippen LogP contribution >= 0.6 is 0 Å². The Morgan fingerprint density at radius 1 is 1.67 bits per heavy atom. The first-order valence-corrected chi connectivity index (χ1v) is 5.29. The Bertz CT molecular complexity index is 329. The summed E-state index contributed by atoms with van der Waals surface area (Å²) in [5.74, 6) is 0.900. The third kappa shape index (κ3) is 2.04. The molecule has 82 valence electrons. The molecule has 0 aromatic carbocycles. The van der Waals surface area contributed by atoms with Gasteiger partial charge in [0.05, 0.1) is 18.3 Å². The summed E-state index contributed by atoms with van der Waals surface area (Å²) in [4.78, 5) is 6.59. The van der Waals surface area contributed by atoms with Crippen LogP contribution in [0.5, 0.6) is 0 Å². The van der Waals surface area contributed by atoms with E-state index in [0.717, 1.165) is 31.1 Å². The van der Waals surface area contributed by atoms with Gasteiger partial charge in [0.15, 0.2) is 5.82 Å². The molecule has 1 aromatic heterocycles. The van der Waals surface area contributed by atoms with Gasteiger partial charge in [-0.1, -0.05) is 0 Å². The smallest absolute Gasteiger partial charge is 0.152 e. The van der Waals surface area contributed by atoms with Crippen LogP contribution in [-0.2, 0) is 4.74 Å². The normalized spacial score (nSPS) is 20.9. The van der Waals surface area contributed by atoms with E-state index in [1.54, 1.807) is 13.3 Å². The quantitative estimate of drug-likeness (QED) is 0.811. The van der Waals surface area contributed by atoms with Crippen molar-refractivity contribution < 1.29 is 4.74 Å². The molecule has 1 aliphatic rings. The van der Waals surface area contributed by atoms with Gasteiger partial charge in [0, 0.05) is 19.9 Å². The van der Waals surface area contributed by atoms with Crippen molar-refractivity contribution in [1.82, 2.24) is 4.98 Å². The summed E-state index contributed by atoms with van der Waals surface area (Å²) in [6.07, 6.45) is 4.13. The number of anilines is 2. The van der Waals surface area contributed by atoms with Crippen LogP contribution in [0.3, 0.4) is 0 Å². The van der Waals surface area contributed by atoms with E-state index in [-0.39, 0.29) is 0 Å². The lowest BCUT2D eigenvalue weighted by Gasteiger charge is -2.26. The average Bonchev–Trinajstić information content (AvgIpc) is 2.67. The number of hydrogen-bond acceptors (Lipinski definition) is 4. The van der Waals surface area contributed by atoms with Crippen molar-refractivity contribution in [2.24, 2.45) is 0 Å². The maximum absolute atomic E-state index is 5.91. The molecule has 2 rings (SSSR count). The van der Waals surface area contributed by atoms with Gasteiger partial charge in [-0.15, -0.1) is 0 Å². The fourth-order valence-corrected chi connectivity index (χ4v) is 2.13. The summed E-state index contributed by atoms with van der Waals surface area (Å²) in [6, 6.07) is 4.18. The SMILES string of the molecule is COC[C@@H]1CCCN1c1ncccc1N. The van der Waals surface area contributed by atoms with Gasteiger partial charge in [0.2, 0.25) is 0 Å². The Balaban J connectivity index is 2.19. The average molecular weight is 207 g/mol. The van der Waals surface area contributed by atoms with Crippen molar-refractivity contribution in [3.05, 3.63) is 18.3 Å². The van der Waals surface area contributed by atoms with Crippen molar-refractivity contribution in [2.75, 3.05) is 30.9 Å². The first-order chi connectivity index (χ1) is 7.33. The van der Waals surface area contributed by atoms with E-state index < -0.39 is 0 Å². The number of ether oxygens (including phenoxy) is 1. The molecular weight excluding hydrogens is 190 g/mol. The van der Waals surface area contributed by atoms with Crippen LogP contribution < -0.4 is 10.6 Å². The Morgan fingerprint density at radius 2 is 2.53 bits per heavy atom. The van der Waals surface area contributed by atoms with Gasteiger partial charge in [-0.05, 0) is 25.0 Å². The molecular formula is C11H17N3O. The van der Waals surface area contributed by atoms with Crippen molar-refractivity contribution in [2.45, 2.75) is 18.9 Å². The van der Waals surface area contributed by atoms with Crippen LogP contribution in [0.2, 0.25) is 0 Å². The van der Waals surface area contributed by atoms with Gasteiger partial charge < -0.3 is 15.4 Å². The first-order valence-electron chi connectivity index (χ1n) is 5.29. The number of methoxy groups -OCH3 is 1. The summed E-state index contributed by atoms with van der Waals surface area (Å²) >= 11 is 0. The highest BCUT2D eigenvalue weighted by Gasteiger charge is 2.26. The highest BCUT2D eigenvalue weighted by molar-refractivity contribution is 5.63. The molecule has 1 aromatic rings. The number of aromatic nitrogens is 1. The fraction of sp³-hybridized carbons (Fsp3) is 0.545. The second-order valence-electron chi connectivity index (χ2n) is 3.86. The number of rotatable bonds is 3. The van der Waals surface area contributed by atoms with Crippen molar-refractivity contribution in [3.63, 3.8) is 0 Å². The highest BCUT2D eigenvalue weighted by atomic mass is 16.5. The van der Waals surface area contributed by atoms with Crippen LogP contribution in [0, 0.1) is 0 Å². The number of nitrogen functional groups attached to an aromatic ring is 1. The molecule has 0 radical (unpaired) electrons. The lowest BCUT2D eigenvalue weighted by Crippen LogP contribution is -2.33. The zero-order valence-corrected chi connectivity index (χ0v) is 9.02. The van der Waals surface area contributed by atoms with Gasteiger partial charge >= 0.3 is 0 Å². The zero-order valence-electron chi connectivity index (χ0n) is 9.02. The van der Waals surface area contributed by atoms with Crippen molar-refractivity contribution in [1.29, 1.82) is 0 Å². The third-order valence-corrected chi connectivity index (χ3v) is 2.83. The lowest BCUT2D eigenvalue weighted by atomic mass is 10.2. The van der Waals surface area contributed by atoms with E-state index in [1.165, 1.54) is 6.42 Å². The second kappa shape index (κ2) is 4.49. The molecule has 0 spiro atoms. The highest BCUT2D eigenvalue weighted by Crippen LogP contribution is 2.27. The molecule has 0 aliphatic carbocycles. The molecule has 1 atom stereocenters.